The normalized spacial score (nSPS) is 12.1. The molecule has 0 saturated carbocycles. The minimum atomic E-state index is -4.98. The van der Waals surface area contributed by atoms with Crippen molar-refractivity contribution in [3.63, 3.8) is 0 Å². The minimum absolute atomic E-state index is 0.0621. The molecule has 2 heterocycles. The van der Waals surface area contributed by atoms with Crippen molar-refractivity contribution in [1.82, 2.24) is 9.97 Å². The van der Waals surface area contributed by atoms with Gasteiger partial charge in [0.1, 0.15) is 10.0 Å². The SMILES string of the molecule is O=C(Nc1ccc2nc(CC(=O)C(F)(F)F)sc2c1)C(=O)Nc1ccc2nc(CC(=O)C(F)(F)F)sc2c1. The van der Waals surface area contributed by atoms with Gasteiger partial charge in [-0.15, -0.1) is 22.7 Å². The number of nitrogens with one attached hydrogen (secondary N) is 2. The summed E-state index contributed by atoms with van der Waals surface area (Å²) in [5.41, 5.74) is 0.895. The Morgan fingerprint density at radius 2 is 1.03 bits per heavy atom. The van der Waals surface area contributed by atoms with Gasteiger partial charge in [0.15, 0.2) is 0 Å². The number of rotatable bonds is 6. The Morgan fingerprint density at radius 3 is 1.37 bits per heavy atom. The fourth-order valence-corrected chi connectivity index (χ4v) is 5.11. The van der Waals surface area contributed by atoms with Crippen LogP contribution in [0.5, 0.6) is 0 Å². The third-order valence-corrected chi connectivity index (χ3v) is 6.88. The van der Waals surface area contributed by atoms with Gasteiger partial charge in [-0.1, -0.05) is 0 Å². The maximum absolute atomic E-state index is 12.5. The molecular formula is C22H12F6N4O4S2. The van der Waals surface area contributed by atoms with Crippen LogP contribution < -0.4 is 10.6 Å². The lowest BCUT2D eigenvalue weighted by molar-refractivity contribution is -0.170. The molecule has 0 bridgehead atoms. The summed E-state index contributed by atoms with van der Waals surface area (Å²) in [6.45, 7) is 0. The number of benzene rings is 2. The van der Waals surface area contributed by atoms with Gasteiger partial charge in [0, 0.05) is 11.4 Å². The zero-order chi connectivity index (χ0) is 27.8. The van der Waals surface area contributed by atoms with Gasteiger partial charge in [0.05, 0.1) is 33.3 Å². The predicted octanol–water partition coefficient (Wildman–Crippen LogP) is 4.83. The molecule has 0 atom stereocenters. The second-order valence-corrected chi connectivity index (χ2v) is 9.91. The first-order valence-corrected chi connectivity index (χ1v) is 11.9. The van der Waals surface area contributed by atoms with E-state index in [4.69, 9.17) is 0 Å². The van der Waals surface area contributed by atoms with Gasteiger partial charge in [0.2, 0.25) is 11.6 Å². The highest BCUT2D eigenvalue weighted by Gasteiger charge is 2.39. The quantitative estimate of drug-likeness (QED) is 0.252. The number of halogens is 6. The van der Waals surface area contributed by atoms with E-state index in [1.165, 1.54) is 36.4 Å². The molecule has 0 radical (unpaired) electrons. The fourth-order valence-electron chi connectivity index (χ4n) is 3.10. The second kappa shape index (κ2) is 10.1. The maximum Gasteiger partial charge on any atom is 0.450 e. The van der Waals surface area contributed by atoms with E-state index in [9.17, 15) is 45.5 Å². The molecule has 4 rings (SSSR count). The summed E-state index contributed by atoms with van der Waals surface area (Å²) in [6, 6.07) is 8.31. The highest BCUT2D eigenvalue weighted by molar-refractivity contribution is 7.19. The Kier molecular flexibility index (Phi) is 7.20. The molecule has 0 spiro atoms. The zero-order valence-corrected chi connectivity index (χ0v) is 20.1. The Morgan fingerprint density at radius 1 is 0.658 bits per heavy atom. The molecule has 2 aromatic heterocycles. The molecule has 198 valence electrons. The first-order valence-electron chi connectivity index (χ1n) is 10.3. The van der Waals surface area contributed by atoms with Crippen LogP contribution in [0.3, 0.4) is 0 Å². The summed E-state index contributed by atoms with van der Waals surface area (Å²) < 4.78 is 75.6. The van der Waals surface area contributed by atoms with Crippen LogP contribution in [0.1, 0.15) is 10.0 Å². The number of hydrogen-bond donors (Lipinski definition) is 2. The van der Waals surface area contributed by atoms with E-state index in [0.29, 0.717) is 20.4 Å². The Balaban J connectivity index is 1.41. The van der Waals surface area contributed by atoms with Crippen molar-refractivity contribution in [2.75, 3.05) is 10.6 Å². The molecule has 2 N–H and O–H groups in total. The Bertz CT molecular complexity index is 1470. The van der Waals surface area contributed by atoms with Crippen molar-refractivity contribution < 1.29 is 45.5 Å². The summed E-state index contributed by atoms with van der Waals surface area (Å²) in [5, 5.41) is 4.54. The van der Waals surface area contributed by atoms with E-state index in [0.717, 1.165) is 22.7 Å². The van der Waals surface area contributed by atoms with E-state index < -0.39 is 48.6 Å². The largest absolute Gasteiger partial charge is 0.450 e. The number of fused-ring (bicyclic) bond motifs is 2. The molecule has 8 nitrogen and oxygen atoms in total. The van der Waals surface area contributed by atoms with E-state index in [2.05, 4.69) is 20.6 Å². The fraction of sp³-hybridized carbons (Fsp3) is 0.182. The summed E-state index contributed by atoms with van der Waals surface area (Å²) >= 11 is 1.66. The van der Waals surface area contributed by atoms with Crippen LogP contribution in [-0.2, 0) is 32.0 Å². The third-order valence-electron chi connectivity index (χ3n) is 4.84. The predicted molar refractivity (Wildman–Crippen MR) is 126 cm³/mol. The number of carbonyl (C=O) groups excluding carboxylic acids is 4. The van der Waals surface area contributed by atoms with Crippen LogP contribution >= 0.6 is 22.7 Å². The number of Topliss-reactive ketones (excluding diaryl/α,β-unsaturated/α-hetero) is 2. The third kappa shape index (κ3) is 6.31. The topological polar surface area (TPSA) is 118 Å². The first-order chi connectivity index (χ1) is 17.7. The van der Waals surface area contributed by atoms with Crippen LogP contribution in [0.4, 0.5) is 37.7 Å². The van der Waals surface area contributed by atoms with Crippen LogP contribution in [-0.4, -0.2) is 45.7 Å². The van der Waals surface area contributed by atoms with Crippen molar-refractivity contribution >= 4 is 77.9 Å². The first kappa shape index (κ1) is 27.1. The lowest BCUT2D eigenvalue weighted by Gasteiger charge is -2.06. The molecule has 2 amide bonds. The van der Waals surface area contributed by atoms with Crippen LogP contribution in [0.2, 0.25) is 0 Å². The number of ketones is 2. The molecular weight excluding hydrogens is 562 g/mol. The standard InChI is InChI=1S/C22H12F6N4O4S2/c23-21(24,25)15(33)7-17-31-11-3-1-9(5-13(11)37-17)29-19(35)20(36)30-10-2-4-12-14(6-10)38-18(32-12)8-16(34)22(26,27)28/h1-6H,7-8H2,(H,29,35)(H,30,36). The summed E-state index contributed by atoms with van der Waals surface area (Å²) in [7, 11) is 0. The van der Waals surface area contributed by atoms with E-state index >= 15 is 0 Å². The van der Waals surface area contributed by atoms with Crippen molar-refractivity contribution in [3.8, 4) is 0 Å². The van der Waals surface area contributed by atoms with E-state index in [1.807, 2.05) is 0 Å². The van der Waals surface area contributed by atoms with Crippen LogP contribution in [0, 0.1) is 0 Å². The lowest BCUT2D eigenvalue weighted by atomic mass is 10.2. The molecule has 0 fully saturated rings. The highest BCUT2D eigenvalue weighted by atomic mass is 32.1. The smallest absolute Gasteiger partial charge is 0.318 e. The van der Waals surface area contributed by atoms with Crippen molar-refractivity contribution in [2.24, 2.45) is 0 Å². The number of nitrogens with zero attached hydrogens (tertiary/aromatic N) is 2. The zero-order valence-electron chi connectivity index (χ0n) is 18.5. The lowest BCUT2D eigenvalue weighted by Crippen LogP contribution is -2.29. The van der Waals surface area contributed by atoms with Crippen molar-refractivity contribution in [2.45, 2.75) is 25.2 Å². The minimum Gasteiger partial charge on any atom is -0.318 e. The molecule has 0 aliphatic carbocycles. The van der Waals surface area contributed by atoms with Gasteiger partial charge in [-0.2, -0.15) is 26.3 Å². The number of amides is 2. The number of carbonyl (C=O) groups is 4. The van der Waals surface area contributed by atoms with Gasteiger partial charge in [-0.05, 0) is 36.4 Å². The van der Waals surface area contributed by atoms with Crippen molar-refractivity contribution in [1.29, 1.82) is 0 Å². The van der Waals surface area contributed by atoms with Gasteiger partial charge < -0.3 is 10.6 Å². The summed E-state index contributed by atoms with van der Waals surface area (Å²) in [4.78, 5) is 55.0. The van der Waals surface area contributed by atoms with Gasteiger partial charge in [-0.25, -0.2) is 9.97 Å². The number of alkyl halides is 6. The molecule has 0 aliphatic heterocycles. The second-order valence-electron chi connectivity index (χ2n) is 7.68. The average Bonchev–Trinajstić information content (AvgIpc) is 3.39. The number of thiazole rings is 2. The molecule has 2 aromatic carbocycles. The Hall–Kier alpha value is -3.92. The number of hydrogen-bond acceptors (Lipinski definition) is 8. The van der Waals surface area contributed by atoms with Gasteiger partial charge in [-0.3, -0.25) is 19.2 Å². The van der Waals surface area contributed by atoms with E-state index in [-0.39, 0.29) is 21.4 Å². The van der Waals surface area contributed by atoms with Crippen LogP contribution in [0.15, 0.2) is 36.4 Å². The summed E-state index contributed by atoms with van der Waals surface area (Å²) in [6.07, 6.45) is -11.8. The number of aromatic nitrogens is 2. The maximum atomic E-state index is 12.5. The molecule has 0 saturated heterocycles. The van der Waals surface area contributed by atoms with Crippen LogP contribution in [0.25, 0.3) is 20.4 Å². The van der Waals surface area contributed by atoms with Crippen molar-refractivity contribution in [3.05, 3.63) is 46.4 Å². The molecule has 4 aromatic rings. The monoisotopic (exact) mass is 574 g/mol. The van der Waals surface area contributed by atoms with Gasteiger partial charge >= 0.3 is 24.2 Å². The molecule has 38 heavy (non-hydrogen) atoms. The highest BCUT2D eigenvalue weighted by Crippen LogP contribution is 2.29. The Labute approximate surface area is 215 Å². The molecule has 16 heteroatoms. The number of anilines is 2. The molecule has 0 unspecified atom stereocenters. The summed E-state index contributed by atoms with van der Waals surface area (Å²) in [5.74, 6) is -6.04. The molecule has 0 aliphatic rings. The van der Waals surface area contributed by atoms with Gasteiger partial charge in [0.25, 0.3) is 0 Å². The average molecular weight is 574 g/mol. The van der Waals surface area contributed by atoms with E-state index in [1.54, 1.807) is 0 Å².